The second-order valence-electron chi connectivity index (χ2n) is 9.12. The number of carbonyl (C=O) groups excluding carboxylic acids is 2. The second-order valence-corrected chi connectivity index (χ2v) is 9.12. The predicted octanol–water partition coefficient (Wildman–Crippen LogP) is 6.30. The van der Waals surface area contributed by atoms with Crippen molar-refractivity contribution in [3.05, 3.63) is 83.4 Å². The maximum Gasteiger partial charge on any atom is 0.253 e. The van der Waals surface area contributed by atoms with E-state index in [-0.39, 0.29) is 49.5 Å². The van der Waals surface area contributed by atoms with Crippen LogP contribution in [-0.2, 0) is 11.3 Å². The van der Waals surface area contributed by atoms with Gasteiger partial charge in [0.05, 0.1) is 12.1 Å². The third kappa shape index (κ3) is 4.98. The lowest BCUT2D eigenvalue weighted by Crippen LogP contribution is -2.42. The molecule has 0 unspecified atom stereocenters. The number of piperidine rings is 1. The summed E-state index contributed by atoms with van der Waals surface area (Å²) in [6, 6.07) is 12.4. The van der Waals surface area contributed by atoms with E-state index >= 15 is 0 Å². The Hall–Kier alpha value is -4.21. The van der Waals surface area contributed by atoms with E-state index in [4.69, 9.17) is 4.42 Å². The van der Waals surface area contributed by atoms with Crippen molar-refractivity contribution in [2.75, 3.05) is 13.1 Å². The number of halogens is 5. The summed E-state index contributed by atoms with van der Waals surface area (Å²) in [6.45, 7) is -0.0328. The molecular weight excluding hydrogens is 507 g/mol. The molecule has 1 aliphatic heterocycles. The van der Waals surface area contributed by atoms with E-state index < -0.39 is 28.9 Å². The van der Waals surface area contributed by atoms with Gasteiger partial charge in [0.25, 0.3) is 11.8 Å². The summed E-state index contributed by atoms with van der Waals surface area (Å²) in [4.78, 5) is 24.9. The first-order valence-corrected chi connectivity index (χ1v) is 11.8. The van der Waals surface area contributed by atoms with Gasteiger partial charge in [-0.05, 0) is 41.5 Å². The average molecular weight is 528 g/mol. The molecule has 38 heavy (non-hydrogen) atoms. The lowest BCUT2D eigenvalue weighted by Gasteiger charge is -2.31. The Bertz CT molecular complexity index is 1500. The second kappa shape index (κ2) is 9.92. The Kier molecular flexibility index (Phi) is 6.64. The van der Waals surface area contributed by atoms with E-state index in [1.54, 1.807) is 36.4 Å². The van der Waals surface area contributed by atoms with Gasteiger partial charge in [-0.1, -0.05) is 12.1 Å². The fraction of sp³-hybridized carbons (Fsp3) is 0.214. The maximum atomic E-state index is 14.8. The first-order chi connectivity index (χ1) is 18.1. The van der Waals surface area contributed by atoms with Crippen LogP contribution in [0.4, 0.5) is 22.0 Å². The molecule has 0 saturated carbocycles. The number of nitrogens with zero attached hydrogens (tertiary/aromatic N) is 1. The first-order valence-electron chi connectivity index (χ1n) is 11.8. The van der Waals surface area contributed by atoms with E-state index in [1.165, 1.54) is 11.0 Å². The van der Waals surface area contributed by atoms with Crippen LogP contribution in [0, 0.1) is 17.5 Å². The number of hydrogen-bond acceptors (Lipinski definition) is 3. The van der Waals surface area contributed by atoms with Crippen LogP contribution in [0.5, 0.6) is 0 Å². The van der Waals surface area contributed by atoms with Gasteiger partial charge in [-0.3, -0.25) is 9.59 Å². The number of fused-ring (bicyclic) bond motifs is 1. The molecular formula is C28H21F5N2O3. The van der Waals surface area contributed by atoms with Gasteiger partial charge in [-0.15, -0.1) is 0 Å². The highest BCUT2D eigenvalue weighted by Crippen LogP contribution is 2.38. The SMILES string of the molecule is O=CNCc1cc2cc(-c3ccc(C(=O)N4CCC(F)(F)CC4)cc3)cc(-c3c(F)cc(F)cc3F)c2o1. The largest absolute Gasteiger partial charge is 0.459 e. The summed E-state index contributed by atoms with van der Waals surface area (Å²) < 4.78 is 75.8. The minimum Gasteiger partial charge on any atom is -0.459 e. The number of furan rings is 1. The third-order valence-electron chi connectivity index (χ3n) is 6.55. The molecule has 0 spiro atoms. The molecule has 1 saturated heterocycles. The van der Waals surface area contributed by atoms with Crippen LogP contribution in [-0.4, -0.2) is 36.2 Å². The molecule has 4 aromatic rings. The molecule has 2 heterocycles. The van der Waals surface area contributed by atoms with Crippen LogP contribution >= 0.6 is 0 Å². The lowest BCUT2D eigenvalue weighted by atomic mass is 9.95. The Balaban J connectivity index is 1.53. The molecule has 5 nitrogen and oxygen atoms in total. The van der Waals surface area contributed by atoms with Crippen LogP contribution in [0.25, 0.3) is 33.2 Å². The molecule has 0 radical (unpaired) electrons. The topological polar surface area (TPSA) is 62.6 Å². The highest BCUT2D eigenvalue weighted by molar-refractivity contribution is 5.98. The van der Waals surface area contributed by atoms with Crippen molar-refractivity contribution in [3.63, 3.8) is 0 Å². The molecule has 1 fully saturated rings. The van der Waals surface area contributed by atoms with Crippen molar-refractivity contribution in [3.8, 4) is 22.3 Å². The number of carbonyl (C=O) groups is 2. The molecule has 1 aromatic heterocycles. The summed E-state index contributed by atoms with van der Waals surface area (Å²) in [6.07, 6.45) is -0.284. The van der Waals surface area contributed by atoms with E-state index in [2.05, 4.69) is 5.32 Å². The molecule has 1 N–H and O–H groups in total. The van der Waals surface area contributed by atoms with E-state index in [0.717, 1.165) is 0 Å². The zero-order valence-electron chi connectivity index (χ0n) is 19.9. The average Bonchev–Trinajstić information content (AvgIpc) is 3.29. The van der Waals surface area contributed by atoms with Gasteiger partial charge >= 0.3 is 0 Å². The van der Waals surface area contributed by atoms with Crippen molar-refractivity contribution in [1.82, 2.24) is 10.2 Å². The van der Waals surface area contributed by atoms with Gasteiger partial charge < -0.3 is 14.6 Å². The molecule has 0 bridgehead atoms. The van der Waals surface area contributed by atoms with Gasteiger partial charge in [0.1, 0.15) is 28.8 Å². The number of likely N-dealkylation sites (tertiary alicyclic amines) is 1. The minimum absolute atomic E-state index is 0.0375. The Morgan fingerprint density at radius 2 is 1.61 bits per heavy atom. The van der Waals surface area contributed by atoms with Crippen molar-refractivity contribution in [1.29, 1.82) is 0 Å². The van der Waals surface area contributed by atoms with Crippen molar-refractivity contribution in [2.45, 2.75) is 25.3 Å². The van der Waals surface area contributed by atoms with Gasteiger partial charge in [-0.25, -0.2) is 22.0 Å². The first kappa shape index (κ1) is 25.4. The number of rotatable bonds is 6. The molecule has 0 aliphatic carbocycles. The highest BCUT2D eigenvalue weighted by atomic mass is 19.3. The van der Waals surface area contributed by atoms with Crippen LogP contribution in [0.1, 0.15) is 29.0 Å². The zero-order valence-corrected chi connectivity index (χ0v) is 19.9. The standard InChI is InChI=1S/C28H21F5N2O3/c29-20-12-23(30)25(24(31)13-20)22-11-18(9-19-10-21(14-34-15-36)38-26(19)22)16-1-3-17(4-2-16)27(37)35-7-5-28(32,33)6-8-35/h1-4,9-13,15H,5-8,14H2,(H,34,36). The number of benzene rings is 3. The van der Waals surface area contributed by atoms with Crippen LogP contribution in [0.3, 0.4) is 0 Å². The molecule has 2 amide bonds. The predicted molar refractivity (Wildman–Crippen MR) is 130 cm³/mol. The summed E-state index contributed by atoms with van der Waals surface area (Å²) in [5.41, 5.74) is 1.17. The maximum absolute atomic E-state index is 14.8. The van der Waals surface area contributed by atoms with Gasteiger partial charge in [0.2, 0.25) is 6.41 Å². The normalized spacial score (nSPS) is 15.0. The van der Waals surface area contributed by atoms with Crippen LogP contribution < -0.4 is 5.32 Å². The Morgan fingerprint density at radius 1 is 0.947 bits per heavy atom. The monoisotopic (exact) mass is 528 g/mol. The van der Waals surface area contributed by atoms with E-state index in [9.17, 15) is 31.5 Å². The quantitative estimate of drug-likeness (QED) is 0.236. The molecule has 3 aromatic carbocycles. The van der Waals surface area contributed by atoms with Gasteiger partial charge in [-0.2, -0.15) is 0 Å². The van der Waals surface area contributed by atoms with Gasteiger partial charge in [0.15, 0.2) is 0 Å². The zero-order chi connectivity index (χ0) is 27.0. The molecule has 0 atom stereocenters. The molecule has 1 aliphatic rings. The molecule has 196 valence electrons. The molecule has 10 heteroatoms. The summed E-state index contributed by atoms with van der Waals surface area (Å²) in [5.74, 6) is -6.08. The van der Waals surface area contributed by atoms with Crippen LogP contribution in [0.2, 0.25) is 0 Å². The van der Waals surface area contributed by atoms with E-state index in [1.807, 2.05) is 0 Å². The van der Waals surface area contributed by atoms with E-state index in [0.29, 0.717) is 46.4 Å². The minimum atomic E-state index is -2.77. The highest BCUT2D eigenvalue weighted by Gasteiger charge is 2.35. The Morgan fingerprint density at radius 3 is 2.24 bits per heavy atom. The lowest BCUT2D eigenvalue weighted by molar-refractivity contribution is -0.109. The van der Waals surface area contributed by atoms with Crippen molar-refractivity contribution >= 4 is 23.3 Å². The van der Waals surface area contributed by atoms with Crippen molar-refractivity contribution in [2.24, 2.45) is 0 Å². The molecule has 5 rings (SSSR count). The fourth-order valence-corrected chi connectivity index (χ4v) is 4.61. The Labute approximate surface area is 213 Å². The smallest absolute Gasteiger partial charge is 0.253 e. The fourth-order valence-electron chi connectivity index (χ4n) is 4.61. The number of nitrogens with one attached hydrogen (secondary N) is 1. The van der Waals surface area contributed by atoms with Gasteiger partial charge in [0, 0.05) is 54.6 Å². The van der Waals surface area contributed by atoms with Crippen LogP contribution in [0.15, 0.2) is 59.0 Å². The number of alkyl halides is 2. The summed E-state index contributed by atoms with van der Waals surface area (Å²) >= 11 is 0. The summed E-state index contributed by atoms with van der Waals surface area (Å²) in [5, 5.41) is 2.94. The van der Waals surface area contributed by atoms with Crippen molar-refractivity contribution < 1.29 is 36.0 Å². The summed E-state index contributed by atoms with van der Waals surface area (Å²) in [7, 11) is 0. The third-order valence-corrected chi connectivity index (χ3v) is 6.55. The number of amides is 2. The number of hydrogen-bond donors (Lipinski definition) is 1.